The molecule has 2 heterocycles. The summed E-state index contributed by atoms with van der Waals surface area (Å²) < 4.78 is 30.2. The van der Waals surface area contributed by atoms with Crippen LogP contribution in [0.2, 0.25) is 5.02 Å². The highest BCUT2D eigenvalue weighted by atomic mass is 35.5. The van der Waals surface area contributed by atoms with Crippen LogP contribution in [0.5, 0.6) is 0 Å². The number of hydrogen-bond acceptors (Lipinski definition) is 4. The number of fused-ring (bicyclic) bond motifs is 1. The van der Waals surface area contributed by atoms with Gasteiger partial charge in [-0.1, -0.05) is 35.9 Å². The summed E-state index contributed by atoms with van der Waals surface area (Å²) in [5.41, 5.74) is -0.0744. The zero-order valence-electron chi connectivity index (χ0n) is 21.3. The van der Waals surface area contributed by atoms with Crippen molar-refractivity contribution in [2.45, 2.75) is 36.1 Å². The van der Waals surface area contributed by atoms with Gasteiger partial charge in [-0.2, -0.15) is 8.78 Å². The number of amides is 4. The lowest BCUT2D eigenvalue weighted by molar-refractivity contribution is -0.155. The molecule has 0 unspecified atom stereocenters. The van der Waals surface area contributed by atoms with Gasteiger partial charge < -0.3 is 14.5 Å². The summed E-state index contributed by atoms with van der Waals surface area (Å²) in [7, 11) is 7.66. The lowest BCUT2D eigenvalue weighted by Gasteiger charge is -2.43. The zero-order chi connectivity index (χ0) is 27.5. The average Bonchev–Trinajstić information content (AvgIpc) is 3.20. The van der Waals surface area contributed by atoms with E-state index in [4.69, 9.17) is 11.6 Å². The normalized spacial score (nSPS) is 20.2. The first-order valence-corrected chi connectivity index (χ1v) is 12.2. The third-order valence-electron chi connectivity index (χ3n) is 7.80. The molecule has 0 aliphatic carbocycles. The molecule has 2 aromatic rings. The maximum atomic E-state index is 15.1. The first-order chi connectivity index (χ1) is 17.1. The summed E-state index contributed by atoms with van der Waals surface area (Å²) in [5.74, 6) is -6.24. The smallest absolute Gasteiger partial charge is 0.348 e. The van der Waals surface area contributed by atoms with Crippen molar-refractivity contribution in [2.24, 2.45) is 0 Å². The summed E-state index contributed by atoms with van der Waals surface area (Å²) >= 11 is 5.80. The van der Waals surface area contributed by atoms with Gasteiger partial charge in [-0.15, -0.1) is 0 Å². The number of rotatable bonds is 5. The van der Waals surface area contributed by atoms with Gasteiger partial charge in [-0.3, -0.25) is 19.2 Å². The molecule has 186 valence electrons. The van der Waals surface area contributed by atoms with Crippen molar-refractivity contribution in [1.82, 2.24) is 14.5 Å². The largest absolute Gasteiger partial charge is 0.393 e. The molecule has 1 fully saturated rings. The molecule has 0 bridgehead atoms. The molecule has 0 aromatic heterocycles. The maximum absolute atomic E-state index is 15.1. The summed E-state index contributed by atoms with van der Waals surface area (Å²) in [4.78, 5) is 54.6. The van der Waals surface area contributed by atoms with Gasteiger partial charge in [-0.05, 0) is 41.1 Å². The number of alkyl halides is 2. The highest BCUT2D eigenvalue weighted by Gasteiger charge is 2.50. The van der Waals surface area contributed by atoms with Crippen LogP contribution in [0.4, 0.5) is 8.78 Å². The van der Waals surface area contributed by atoms with E-state index in [0.29, 0.717) is 16.7 Å². The van der Waals surface area contributed by atoms with Gasteiger partial charge >= 0.3 is 5.92 Å². The molecule has 0 radical (unpaired) electrons. The first kappa shape index (κ1) is 27.0. The second-order valence-electron chi connectivity index (χ2n) is 10.3. The minimum absolute atomic E-state index is 0.126. The maximum Gasteiger partial charge on any atom is 0.348 e. The monoisotopic (exact) mass is 521 g/mol. The highest BCUT2D eigenvalue weighted by Crippen LogP contribution is 2.37. The van der Waals surface area contributed by atoms with E-state index in [1.807, 2.05) is 0 Å². The number of carbonyl (C=O) groups is 4. The quantitative estimate of drug-likeness (QED) is 0.333. The van der Waals surface area contributed by atoms with E-state index in [-0.39, 0.29) is 36.2 Å². The van der Waals surface area contributed by atoms with Crippen molar-refractivity contribution < 1.29 is 28.0 Å². The van der Waals surface area contributed by atoms with Gasteiger partial charge in [0, 0.05) is 29.1 Å². The topological polar surface area (TPSA) is 78.0 Å². The third kappa shape index (κ3) is 4.29. The average molecular weight is 521 g/mol. The molecule has 2 aliphatic rings. The molecular weight excluding hydrogens is 498 g/mol. The van der Waals surface area contributed by atoms with Crippen molar-refractivity contribution in [2.75, 3.05) is 0 Å². The molecule has 2 aliphatic heterocycles. The minimum Gasteiger partial charge on any atom is -0.393 e. The van der Waals surface area contributed by atoms with Crippen LogP contribution in [0, 0.1) is 0 Å². The van der Waals surface area contributed by atoms with E-state index >= 15 is 8.78 Å². The molecule has 2 aromatic carbocycles. The van der Waals surface area contributed by atoms with Gasteiger partial charge in [0.15, 0.2) is 0 Å². The molecule has 15 heteroatoms. The standard InChI is InChI=1S/C22H23B5ClF2N3O4/c23-20(8-7-16(34)32(26)18(20)36)31-10-11-9-13(3-6-15(11)17(31)35)22(24,25)33(27)19(37)21(29,30)12-1-4-14(28)5-2-12/h1-6,9H,7-8,10,23-27H2/t20-/m1/s1. The van der Waals surface area contributed by atoms with Crippen molar-refractivity contribution in [3.05, 3.63) is 69.7 Å². The third-order valence-corrected chi connectivity index (χ3v) is 8.05. The summed E-state index contributed by atoms with van der Waals surface area (Å²) in [6, 6.07) is 9.78. The van der Waals surface area contributed by atoms with Crippen LogP contribution in [-0.2, 0) is 32.2 Å². The lowest BCUT2D eigenvalue weighted by Crippen LogP contribution is -2.64. The van der Waals surface area contributed by atoms with Gasteiger partial charge in [-0.25, -0.2) is 0 Å². The number of benzene rings is 2. The van der Waals surface area contributed by atoms with Crippen LogP contribution >= 0.6 is 11.6 Å². The molecule has 37 heavy (non-hydrogen) atoms. The minimum atomic E-state index is -3.78. The van der Waals surface area contributed by atoms with Crippen LogP contribution < -0.4 is 0 Å². The Morgan fingerprint density at radius 3 is 2.27 bits per heavy atom. The number of carbonyl (C=O) groups excluding carboxylic acids is 4. The number of imide groups is 1. The van der Waals surface area contributed by atoms with Crippen molar-refractivity contribution in [3.63, 3.8) is 0 Å². The van der Waals surface area contributed by atoms with Crippen LogP contribution in [-0.4, -0.2) is 83.1 Å². The number of halogens is 3. The second kappa shape index (κ2) is 9.08. The Bertz CT molecular complexity index is 1330. The Morgan fingerprint density at radius 1 is 1.05 bits per heavy atom. The predicted molar refractivity (Wildman–Crippen MR) is 147 cm³/mol. The Hall–Kier alpha value is -3.01. The fourth-order valence-electron chi connectivity index (χ4n) is 4.89. The molecule has 4 amide bonds. The van der Waals surface area contributed by atoms with Crippen LogP contribution in [0.3, 0.4) is 0 Å². The Kier molecular flexibility index (Phi) is 6.63. The van der Waals surface area contributed by atoms with E-state index < -0.39 is 34.1 Å². The first-order valence-electron chi connectivity index (χ1n) is 11.8. The predicted octanol–water partition coefficient (Wildman–Crippen LogP) is -2.13. The molecule has 1 saturated heterocycles. The highest BCUT2D eigenvalue weighted by molar-refractivity contribution is 6.43. The van der Waals surface area contributed by atoms with Crippen molar-refractivity contribution in [1.29, 1.82) is 0 Å². The van der Waals surface area contributed by atoms with Gasteiger partial charge in [0.2, 0.25) is 27.8 Å². The van der Waals surface area contributed by atoms with Crippen molar-refractivity contribution >= 4 is 74.7 Å². The van der Waals surface area contributed by atoms with E-state index in [2.05, 4.69) is 0 Å². The SMILES string of the molecule is BN1C(=O)CC[C@@](B)(N2Cc3cc(C(B)(B)N(B)C(=O)C(F)(F)c4ccc(Cl)cc4)ccc3C2=O)C1=O. The molecule has 1 atom stereocenters. The molecule has 0 saturated carbocycles. The second-order valence-corrected chi connectivity index (χ2v) is 10.7. The van der Waals surface area contributed by atoms with Crippen molar-refractivity contribution in [3.8, 4) is 0 Å². The molecule has 7 nitrogen and oxygen atoms in total. The Labute approximate surface area is 222 Å². The number of piperidine rings is 1. The zero-order valence-corrected chi connectivity index (χ0v) is 22.0. The van der Waals surface area contributed by atoms with Crippen LogP contribution in [0.15, 0.2) is 42.5 Å². The Balaban J connectivity index is 1.61. The summed E-state index contributed by atoms with van der Waals surface area (Å²) in [6.45, 7) is 0.126. The van der Waals surface area contributed by atoms with Crippen LogP contribution in [0.1, 0.15) is 39.9 Å². The fraction of sp³-hybridized carbons (Fsp3) is 0.273. The van der Waals surface area contributed by atoms with Crippen LogP contribution in [0.25, 0.3) is 0 Å². The van der Waals surface area contributed by atoms with Gasteiger partial charge in [0.1, 0.15) is 23.5 Å². The molecular formula is C22H23B5ClF2N3O4. The summed E-state index contributed by atoms with van der Waals surface area (Å²) in [6.07, 6.45) is 0.357. The fourth-order valence-corrected chi connectivity index (χ4v) is 5.02. The molecule has 0 N–H and O–H groups in total. The van der Waals surface area contributed by atoms with E-state index in [1.165, 1.54) is 33.0 Å². The molecule has 4 rings (SSSR count). The van der Waals surface area contributed by atoms with E-state index in [1.54, 1.807) is 41.7 Å². The Morgan fingerprint density at radius 2 is 1.65 bits per heavy atom. The van der Waals surface area contributed by atoms with Gasteiger partial charge in [0.25, 0.3) is 11.8 Å². The molecule has 0 spiro atoms. The van der Waals surface area contributed by atoms with E-state index in [9.17, 15) is 19.2 Å². The number of nitrogens with zero attached hydrogens (tertiary/aromatic N) is 3. The van der Waals surface area contributed by atoms with Gasteiger partial charge in [0.05, 0.1) is 5.44 Å². The lowest BCUT2D eigenvalue weighted by atomic mass is 9.55. The number of hydrogen-bond donors (Lipinski definition) is 0. The van der Waals surface area contributed by atoms with E-state index in [0.717, 1.165) is 21.8 Å². The summed E-state index contributed by atoms with van der Waals surface area (Å²) in [5, 5.41) is -0.875.